The minimum atomic E-state index is -2.19. The van der Waals surface area contributed by atoms with Crippen molar-refractivity contribution in [3.05, 3.63) is 82.5 Å². The summed E-state index contributed by atoms with van der Waals surface area (Å²) >= 11 is 0. The number of fused-ring (bicyclic) bond motifs is 1. The summed E-state index contributed by atoms with van der Waals surface area (Å²) in [5.74, 6) is -5.75. The van der Waals surface area contributed by atoms with Crippen LogP contribution in [0.4, 0.5) is 0 Å². The summed E-state index contributed by atoms with van der Waals surface area (Å²) in [4.78, 5) is 49.6. The van der Waals surface area contributed by atoms with Crippen LogP contribution in [0.1, 0.15) is 5.56 Å². The quantitative estimate of drug-likeness (QED) is 0.0714. The van der Waals surface area contributed by atoms with Crippen LogP contribution >= 0.6 is 0 Å². The van der Waals surface area contributed by atoms with Crippen molar-refractivity contribution in [2.24, 2.45) is 0 Å². The normalized spacial score (nSPS) is 27.5. The minimum Gasteiger partial charge on any atom is -0.508 e. The molecule has 4 unspecified atom stereocenters. The van der Waals surface area contributed by atoms with Gasteiger partial charge in [0.15, 0.2) is 47.6 Å². The maximum atomic E-state index is 12.9. The number of benzene rings is 3. The summed E-state index contributed by atoms with van der Waals surface area (Å²) in [6.45, 7) is 0. The van der Waals surface area contributed by atoms with Crippen LogP contribution in [0.2, 0.25) is 0 Å². The number of rotatable bonds is 11. The number of aliphatic hydroxyl groups is 4. The molecule has 20 heteroatoms. The van der Waals surface area contributed by atoms with E-state index < -0.39 is 90.5 Å². The second-order valence-electron chi connectivity index (χ2n) is 12.7. The van der Waals surface area contributed by atoms with Crippen molar-refractivity contribution in [3.8, 4) is 40.1 Å². The lowest BCUT2D eigenvalue weighted by molar-refractivity contribution is -0.350. The van der Waals surface area contributed by atoms with Gasteiger partial charge < -0.3 is 78.8 Å². The molecule has 9 N–H and O–H groups in total. The molecule has 0 amide bonds. The standard InChI is InChI=1S/C37H34O20/c1-51-22-10-14(2-8-18(22)39)3-9-24(42)54-32-28(45)26(43)31(35(49)50)56-37(32)57-33-29(46)27(44)30(34(47)48)55-36(33)52-17-6-4-15(5-7-17)21-13-20(41)25-19(40)11-16(38)12-23(25)53-21/h2-13,26-33,36-40,43-46H,1H3,(H,47,48)(H,49,50)/b9-3+/t26-,27-,28-,29-,30?,31?,32?,33?,36+,37-/m0/s1. The van der Waals surface area contributed by atoms with Gasteiger partial charge in [-0.3, -0.25) is 4.79 Å². The van der Waals surface area contributed by atoms with Crippen molar-refractivity contribution in [1.82, 2.24) is 0 Å². The number of hydrogen-bond donors (Lipinski definition) is 9. The Kier molecular flexibility index (Phi) is 11.7. The van der Waals surface area contributed by atoms with Gasteiger partial charge in [0.2, 0.25) is 6.29 Å². The third kappa shape index (κ3) is 8.46. The van der Waals surface area contributed by atoms with Gasteiger partial charge in [0.25, 0.3) is 0 Å². The highest BCUT2D eigenvalue weighted by Crippen LogP contribution is 2.34. The molecule has 302 valence electrons. The lowest BCUT2D eigenvalue weighted by Gasteiger charge is -2.45. The number of ether oxygens (including phenoxy) is 6. The Hall–Kier alpha value is -6.26. The fourth-order valence-corrected chi connectivity index (χ4v) is 6.08. The maximum absolute atomic E-state index is 12.9. The topological polar surface area (TPSA) is 319 Å². The number of carboxylic acid groups (broad SMARTS) is 2. The van der Waals surface area contributed by atoms with Gasteiger partial charge in [-0.05, 0) is 48.0 Å². The fourth-order valence-electron chi connectivity index (χ4n) is 6.08. The molecule has 2 fully saturated rings. The van der Waals surface area contributed by atoms with E-state index >= 15 is 0 Å². The minimum absolute atomic E-state index is 0.00469. The lowest BCUT2D eigenvalue weighted by atomic mass is 9.96. The van der Waals surface area contributed by atoms with Crippen molar-refractivity contribution in [1.29, 1.82) is 0 Å². The third-order valence-electron chi connectivity index (χ3n) is 8.92. The molecule has 0 aliphatic carbocycles. The molecule has 0 saturated carbocycles. The molecule has 6 rings (SSSR count). The van der Waals surface area contributed by atoms with E-state index in [9.17, 15) is 65.1 Å². The fraction of sp³-hybridized carbons (Fsp3) is 0.297. The molecule has 0 radical (unpaired) electrons. The van der Waals surface area contributed by atoms with E-state index in [0.29, 0.717) is 5.56 Å². The molecule has 0 spiro atoms. The molecule has 0 bridgehead atoms. The molecule has 3 aromatic carbocycles. The van der Waals surface area contributed by atoms with Gasteiger partial charge in [-0.25, -0.2) is 14.4 Å². The number of hydrogen-bond acceptors (Lipinski definition) is 18. The number of methoxy groups -OCH3 is 1. The zero-order valence-electron chi connectivity index (χ0n) is 29.2. The van der Waals surface area contributed by atoms with E-state index in [4.69, 9.17) is 32.8 Å². The molecule has 3 heterocycles. The summed E-state index contributed by atoms with van der Waals surface area (Å²) in [5.41, 5.74) is -0.117. The first-order valence-corrected chi connectivity index (χ1v) is 16.7. The van der Waals surface area contributed by atoms with Crippen LogP contribution in [0.3, 0.4) is 0 Å². The van der Waals surface area contributed by atoms with Crippen LogP contribution in [0.15, 0.2) is 76.0 Å². The van der Waals surface area contributed by atoms with Crippen LogP contribution in [-0.2, 0) is 33.3 Å². The Morgan fingerprint density at radius 1 is 0.737 bits per heavy atom. The molecule has 4 aromatic rings. The highest BCUT2D eigenvalue weighted by Gasteiger charge is 2.55. The Balaban J connectivity index is 1.27. The number of aliphatic hydroxyl groups excluding tert-OH is 4. The maximum Gasteiger partial charge on any atom is 0.335 e. The number of esters is 1. The first-order valence-electron chi connectivity index (χ1n) is 16.7. The number of phenols is 3. The summed E-state index contributed by atoms with van der Waals surface area (Å²) < 4.78 is 38.4. The van der Waals surface area contributed by atoms with Crippen molar-refractivity contribution in [2.75, 3.05) is 7.11 Å². The van der Waals surface area contributed by atoms with Crippen LogP contribution in [0, 0.1) is 0 Å². The third-order valence-corrected chi connectivity index (χ3v) is 8.92. The van der Waals surface area contributed by atoms with Crippen LogP contribution in [0.5, 0.6) is 28.7 Å². The predicted octanol–water partition coefficient (Wildman–Crippen LogP) is 0.0372. The monoisotopic (exact) mass is 798 g/mol. The summed E-state index contributed by atoms with van der Waals surface area (Å²) in [5, 5.41) is 92.2. The second-order valence-corrected chi connectivity index (χ2v) is 12.7. The van der Waals surface area contributed by atoms with Crippen molar-refractivity contribution in [3.63, 3.8) is 0 Å². The van der Waals surface area contributed by atoms with E-state index in [1.807, 2.05) is 0 Å². The zero-order valence-corrected chi connectivity index (χ0v) is 29.2. The number of phenolic OH excluding ortho intramolecular Hbond substituents is 3. The molecular weight excluding hydrogens is 764 g/mol. The molecule has 57 heavy (non-hydrogen) atoms. The van der Waals surface area contributed by atoms with E-state index in [2.05, 4.69) is 0 Å². The number of carbonyl (C=O) groups excluding carboxylic acids is 1. The van der Waals surface area contributed by atoms with Crippen molar-refractivity contribution >= 4 is 35.0 Å². The smallest absolute Gasteiger partial charge is 0.335 e. The summed E-state index contributed by atoms with van der Waals surface area (Å²) in [6.07, 6.45) is -19.0. The summed E-state index contributed by atoms with van der Waals surface area (Å²) in [6, 6.07) is 12.6. The van der Waals surface area contributed by atoms with Gasteiger partial charge in [0.05, 0.1) is 7.11 Å². The second kappa shape index (κ2) is 16.5. The molecule has 1 aromatic heterocycles. The zero-order chi connectivity index (χ0) is 41.3. The Morgan fingerprint density at radius 2 is 1.37 bits per heavy atom. The average Bonchev–Trinajstić information content (AvgIpc) is 3.16. The van der Waals surface area contributed by atoms with Gasteiger partial charge >= 0.3 is 17.9 Å². The van der Waals surface area contributed by atoms with E-state index in [1.165, 1.54) is 55.7 Å². The Labute approximate surface area is 319 Å². The first kappa shape index (κ1) is 40.4. The molecule has 2 aliphatic heterocycles. The van der Waals surface area contributed by atoms with Gasteiger partial charge in [-0.1, -0.05) is 6.07 Å². The van der Waals surface area contributed by atoms with E-state index in [-0.39, 0.29) is 45.3 Å². The first-order chi connectivity index (χ1) is 27.1. The largest absolute Gasteiger partial charge is 0.508 e. The highest BCUT2D eigenvalue weighted by molar-refractivity contribution is 5.87. The van der Waals surface area contributed by atoms with Gasteiger partial charge in [0, 0.05) is 29.8 Å². The van der Waals surface area contributed by atoms with E-state index in [1.54, 1.807) is 0 Å². The van der Waals surface area contributed by atoms with Crippen LogP contribution < -0.4 is 14.9 Å². The molecule has 20 nitrogen and oxygen atoms in total. The molecular formula is C37H34O20. The lowest BCUT2D eigenvalue weighted by Crippen LogP contribution is -2.66. The average molecular weight is 799 g/mol. The molecule has 2 saturated heterocycles. The van der Waals surface area contributed by atoms with Crippen molar-refractivity contribution in [2.45, 2.75) is 61.4 Å². The summed E-state index contributed by atoms with van der Waals surface area (Å²) in [7, 11) is 1.30. The van der Waals surface area contributed by atoms with Gasteiger partial charge in [-0.15, -0.1) is 0 Å². The molecule has 10 atom stereocenters. The van der Waals surface area contributed by atoms with Crippen molar-refractivity contribution < 1.29 is 93.2 Å². The SMILES string of the molecule is COc1cc(/C=C/C(=O)OC2[C@H](OC3[C@H](Oc4ccc(-c5cc(=O)c6c(O)cc(O)cc6o5)cc4)OC(C(=O)O)[C@@H](O)[C@@H]3O)OC(C(=O)O)[C@@H](O)[C@@H]2O)ccc1O. The molecule has 2 aliphatic rings. The Bertz CT molecular complexity index is 2230. The highest BCUT2D eigenvalue weighted by atomic mass is 16.8. The van der Waals surface area contributed by atoms with E-state index in [0.717, 1.165) is 24.3 Å². The van der Waals surface area contributed by atoms with Crippen LogP contribution in [0.25, 0.3) is 28.4 Å². The number of aromatic hydroxyl groups is 3. The predicted molar refractivity (Wildman–Crippen MR) is 187 cm³/mol. The number of carboxylic acids is 2. The number of carbonyl (C=O) groups is 3. The number of aliphatic carboxylic acids is 2. The Morgan fingerprint density at radius 3 is 2.00 bits per heavy atom. The van der Waals surface area contributed by atoms with Gasteiger partial charge in [-0.2, -0.15) is 0 Å². The van der Waals surface area contributed by atoms with Crippen LogP contribution in [-0.4, -0.2) is 132 Å². The van der Waals surface area contributed by atoms with Gasteiger partial charge in [0.1, 0.15) is 58.4 Å².